The van der Waals surface area contributed by atoms with E-state index < -0.39 is 0 Å². The molecule has 1 atom stereocenters. The highest BCUT2D eigenvalue weighted by atomic mass is 16.5. The van der Waals surface area contributed by atoms with Crippen molar-refractivity contribution in [3.8, 4) is 22.8 Å². The van der Waals surface area contributed by atoms with Gasteiger partial charge in [-0.25, -0.2) is 14.6 Å². The summed E-state index contributed by atoms with van der Waals surface area (Å²) >= 11 is 0. The van der Waals surface area contributed by atoms with Gasteiger partial charge in [-0.05, 0) is 70.1 Å². The van der Waals surface area contributed by atoms with Crippen molar-refractivity contribution in [2.45, 2.75) is 38.8 Å². The van der Waals surface area contributed by atoms with E-state index in [0.29, 0.717) is 29.4 Å². The molecule has 9 nitrogen and oxygen atoms in total. The number of nitrogen functional groups attached to an aromatic ring is 1. The fraction of sp³-hybridized carbons (Fsp3) is 0.333. The molecule has 5 rings (SSSR count). The van der Waals surface area contributed by atoms with E-state index >= 15 is 0 Å². The number of piperidine rings is 1. The Hall–Kier alpha value is -4.24. The summed E-state index contributed by atoms with van der Waals surface area (Å²) in [5.41, 5.74) is 8.62. The molecule has 202 valence electrons. The third-order valence-corrected chi connectivity index (χ3v) is 7.21. The summed E-state index contributed by atoms with van der Waals surface area (Å²) in [6.07, 6.45) is 6.88. The van der Waals surface area contributed by atoms with Crippen LogP contribution in [0.5, 0.6) is 11.5 Å². The lowest BCUT2D eigenvalue weighted by atomic mass is 10.1. The molecule has 2 aromatic heterocycles. The van der Waals surface area contributed by atoms with Crippen molar-refractivity contribution in [2.75, 3.05) is 32.4 Å². The molecule has 0 saturated carbocycles. The van der Waals surface area contributed by atoms with E-state index in [-0.39, 0.29) is 11.9 Å². The lowest BCUT2D eigenvalue weighted by Gasteiger charge is -2.32. The van der Waals surface area contributed by atoms with Gasteiger partial charge in [-0.3, -0.25) is 4.79 Å². The van der Waals surface area contributed by atoms with Crippen molar-refractivity contribution >= 4 is 22.8 Å². The van der Waals surface area contributed by atoms with E-state index in [1.807, 2.05) is 77.3 Å². The molecule has 0 spiro atoms. The Balaban J connectivity index is 1.38. The predicted molar refractivity (Wildman–Crippen MR) is 153 cm³/mol. The number of para-hydroxylation sites is 1. The molecule has 9 heteroatoms. The topological polar surface area (TPSA) is 102 Å². The molecular formula is C30H35N7O2. The van der Waals surface area contributed by atoms with Crippen LogP contribution < -0.4 is 10.5 Å². The minimum Gasteiger partial charge on any atom is -0.457 e. The average molecular weight is 526 g/mol. The second-order valence-electron chi connectivity index (χ2n) is 10.2. The van der Waals surface area contributed by atoms with Gasteiger partial charge in [0.05, 0.1) is 11.4 Å². The largest absolute Gasteiger partial charge is 0.457 e. The van der Waals surface area contributed by atoms with E-state index in [1.165, 1.54) is 6.33 Å². The minimum absolute atomic E-state index is 0.0133. The maximum absolute atomic E-state index is 13.0. The lowest BCUT2D eigenvalue weighted by molar-refractivity contribution is -0.127. The zero-order valence-electron chi connectivity index (χ0n) is 22.7. The van der Waals surface area contributed by atoms with Crippen LogP contribution in [0, 0.1) is 0 Å². The number of nitrogens with zero attached hydrogens (tertiary/aromatic N) is 6. The highest BCUT2D eigenvalue weighted by Gasteiger charge is 2.28. The van der Waals surface area contributed by atoms with Gasteiger partial charge < -0.3 is 20.3 Å². The molecule has 1 aliphatic rings. The fourth-order valence-corrected chi connectivity index (χ4v) is 4.75. The van der Waals surface area contributed by atoms with Crippen LogP contribution in [0.3, 0.4) is 0 Å². The second-order valence-corrected chi connectivity index (χ2v) is 10.2. The molecule has 0 bridgehead atoms. The van der Waals surface area contributed by atoms with E-state index in [9.17, 15) is 4.79 Å². The van der Waals surface area contributed by atoms with Gasteiger partial charge in [0.15, 0.2) is 5.65 Å². The van der Waals surface area contributed by atoms with Crippen LogP contribution in [0.4, 0.5) is 5.82 Å². The molecule has 4 aromatic rings. The van der Waals surface area contributed by atoms with Crippen molar-refractivity contribution in [3.05, 3.63) is 73.1 Å². The monoisotopic (exact) mass is 525 g/mol. The molecule has 39 heavy (non-hydrogen) atoms. The Morgan fingerprint density at radius 1 is 1.13 bits per heavy atom. The highest BCUT2D eigenvalue weighted by Crippen LogP contribution is 2.34. The van der Waals surface area contributed by atoms with Crippen LogP contribution in [0.1, 0.15) is 32.7 Å². The van der Waals surface area contributed by atoms with Crippen molar-refractivity contribution in [1.82, 2.24) is 29.5 Å². The molecule has 0 radical (unpaired) electrons. The number of benzene rings is 2. The third-order valence-electron chi connectivity index (χ3n) is 7.21. The smallest absolute Gasteiger partial charge is 0.246 e. The van der Waals surface area contributed by atoms with Crippen molar-refractivity contribution in [1.29, 1.82) is 0 Å². The lowest BCUT2D eigenvalue weighted by Crippen LogP contribution is -2.40. The number of hydrogen-bond donors (Lipinski definition) is 1. The van der Waals surface area contributed by atoms with E-state index in [1.54, 1.807) is 6.08 Å². The maximum Gasteiger partial charge on any atom is 0.246 e. The summed E-state index contributed by atoms with van der Waals surface area (Å²) in [5.74, 6) is 1.91. The predicted octanol–water partition coefficient (Wildman–Crippen LogP) is 4.93. The summed E-state index contributed by atoms with van der Waals surface area (Å²) in [5, 5.41) is 5.70. The van der Waals surface area contributed by atoms with Crippen LogP contribution >= 0.6 is 0 Å². The molecule has 2 aromatic carbocycles. The summed E-state index contributed by atoms with van der Waals surface area (Å²) < 4.78 is 7.87. The number of hydrogen-bond acceptors (Lipinski definition) is 7. The van der Waals surface area contributed by atoms with E-state index in [0.717, 1.165) is 48.7 Å². The van der Waals surface area contributed by atoms with Crippen molar-refractivity contribution in [2.24, 2.45) is 0 Å². The van der Waals surface area contributed by atoms with Crippen LogP contribution in [-0.2, 0) is 4.79 Å². The van der Waals surface area contributed by atoms with E-state index in [4.69, 9.17) is 15.6 Å². The number of fused-ring (bicyclic) bond motifs is 1. The normalized spacial score (nSPS) is 16.0. The Kier molecular flexibility index (Phi) is 7.88. The first kappa shape index (κ1) is 26.4. The summed E-state index contributed by atoms with van der Waals surface area (Å²) in [6.45, 7) is 6.30. The highest BCUT2D eigenvalue weighted by molar-refractivity contribution is 5.98. The Morgan fingerprint density at radius 3 is 2.62 bits per heavy atom. The summed E-state index contributed by atoms with van der Waals surface area (Å²) in [6, 6.07) is 17.8. The Labute approximate surface area is 228 Å². The number of likely N-dealkylation sites (N-methyl/N-ethyl adjacent to an activating group) is 1. The van der Waals surface area contributed by atoms with E-state index in [2.05, 4.69) is 28.7 Å². The van der Waals surface area contributed by atoms with Gasteiger partial charge in [-0.1, -0.05) is 24.3 Å². The van der Waals surface area contributed by atoms with Crippen LogP contribution in [0.25, 0.3) is 22.3 Å². The van der Waals surface area contributed by atoms with Gasteiger partial charge in [0.2, 0.25) is 5.91 Å². The Morgan fingerprint density at radius 2 is 1.87 bits per heavy atom. The molecule has 1 amide bonds. The average Bonchev–Trinajstić information content (AvgIpc) is 3.35. The molecule has 1 fully saturated rings. The molecule has 1 aliphatic heterocycles. The number of anilines is 1. The molecule has 2 N–H and O–H groups in total. The van der Waals surface area contributed by atoms with Crippen LogP contribution in [0.15, 0.2) is 73.1 Å². The van der Waals surface area contributed by atoms with Crippen LogP contribution in [-0.4, -0.2) is 68.2 Å². The number of amides is 1. The summed E-state index contributed by atoms with van der Waals surface area (Å²) in [4.78, 5) is 25.8. The minimum atomic E-state index is -0.0133. The Bertz CT molecular complexity index is 1450. The maximum atomic E-state index is 13.0. The van der Waals surface area contributed by atoms with Crippen molar-refractivity contribution < 1.29 is 9.53 Å². The summed E-state index contributed by atoms with van der Waals surface area (Å²) in [7, 11) is 2.05. The molecular weight excluding hydrogens is 490 g/mol. The van der Waals surface area contributed by atoms with Gasteiger partial charge in [-0.2, -0.15) is 5.10 Å². The first-order valence-electron chi connectivity index (χ1n) is 13.4. The SMILES string of the molecule is CC(C)N(C)C/C=C/C(=O)N1CCC[C@@H](n2nc(-c3ccc(Oc4ccccc4)cc3)c3c(N)ncnc32)C1. The van der Waals surface area contributed by atoms with Gasteiger partial charge in [0.1, 0.15) is 29.3 Å². The van der Waals surface area contributed by atoms with Gasteiger partial charge in [-0.15, -0.1) is 0 Å². The van der Waals surface area contributed by atoms with Gasteiger partial charge in [0.25, 0.3) is 0 Å². The number of likely N-dealkylation sites (tertiary alicyclic amines) is 1. The number of carbonyl (C=O) groups excluding carboxylic acids is 1. The first-order chi connectivity index (χ1) is 18.9. The molecule has 1 saturated heterocycles. The zero-order valence-corrected chi connectivity index (χ0v) is 22.7. The number of aromatic nitrogens is 4. The molecule has 0 unspecified atom stereocenters. The molecule has 3 heterocycles. The third kappa shape index (κ3) is 5.93. The van der Waals surface area contributed by atoms with Gasteiger partial charge in [0, 0.05) is 37.3 Å². The van der Waals surface area contributed by atoms with Gasteiger partial charge >= 0.3 is 0 Å². The number of carbonyl (C=O) groups is 1. The standard InChI is InChI=1S/C30H35N7O2/c1-21(2)35(3)17-8-12-26(38)36-18-7-9-23(19-36)37-30-27(29(31)32-20-33-30)28(34-37)22-13-15-25(16-14-22)39-24-10-5-4-6-11-24/h4-6,8,10-16,20-21,23H,7,9,17-19H2,1-3H3,(H2,31,32,33)/b12-8+/t23-/m1/s1. The number of rotatable bonds is 8. The number of ether oxygens (including phenoxy) is 1. The van der Waals surface area contributed by atoms with Crippen LogP contribution in [0.2, 0.25) is 0 Å². The fourth-order valence-electron chi connectivity index (χ4n) is 4.75. The second kappa shape index (κ2) is 11.7. The molecule has 0 aliphatic carbocycles. The quantitative estimate of drug-likeness (QED) is 0.326. The zero-order chi connectivity index (χ0) is 27.4. The first-order valence-corrected chi connectivity index (χ1v) is 13.4. The van der Waals surface area contributed by atoms with Crippen molar-refractivity contribution in [3.63, 3.8) is 0 Å². The number of nitrogens with two attached hydrogens (primary N) is 1.